The maximum atomic E-state index is 10.9. The van der Waals surface area contributed by atoms with Gasteiger partial charge in [0.1, 0.15) is 5.01 Å². The number of carboxylic acid groups (broad SMARTS) is 1. The predicted octanol–water partition coefficient (Wildman–Crippen LogP) is 3.73. The average molecular weight is 369 g/mol. The summed E-state index contributed by atoms with van der Waals surface area (Å²) in [5, 5.41) is 9.92. The lowest BCUT2D eigenvalue weighted by atomic mass is 10.2. The van der Waals surface area contributed by atoms with Gasteiger partial charge in [-0.3, -0.25) is 4.79 Å². The van der Waals surface area contributed by atoms with Crippen LogP contribution in [-0.4, -0.2) is 34.6 Å². The molecule has 6 heteroatoms. The second-order valence-corrected chi connectivity index (χ2v) is 7.11. The molecular weight excluding hydrogens is 352 g/mol. The lowest BCUT2D eigenvalue weighted by molar-refractivity contribution is -0.141. The smallest absolute Gasteiger partial charge is 0.307 e. The number of aromatic nitrogens is 1. The van der Waals surface area contributed by atoms with Crippen molar-refractivity contribution < 1.29 is 9.90 Å². The van der Waals surface area contributed by atoms with Crippen LogP contribution in [0.2, 0.25) is 0 Å². The zero-order chi connectivity index (χ0) is 15.4. The van der Waals surface area contributed by atoms with Gasteiger partial charge in [0.05, 0.1) is 5.92 Å². The van der Waals surface area contributed by atoms with Crippen LogP contribution >= 0.6 is 27.3 Å². The fourth-order valence-corrected chi connectivity index (χ4v) is 3.25. The fourth-order valence-electron chi connectivity index (χ4n) is 1.98. The van der Waals surface area contributed by atoms with Crippen molar-refractivity contribution >= 4 is 33.2 Å². The van der Waals surface area contributed by atoms with Crippen molar-refractivity contribution in [2.75, 3.05) is 13.6 Å². The van der Waals surface area contributed by atoms with Crippen molar-refractivity contribution in [3.8, 4) is 10.6 Å². The Morgan fingerprint density at radius 3 is 2.71 bits per heavy atom. The van der Waals surface area contributed by atoms with Gasteiger partial charge in [-0.15, -0.1) is 11.3 Å². The third kappa shape index (κ3) is 4.62. The summed E-state index contributed by atoms with van der Waals surface area (Å²) in [6, 6.07) is 8.06. The number of hydrogen-bond donors (Lipinski definition) is 1. The van der Waals surface area contributed by atoms with Crippen molar-refractivity contribution in [2.24, 2.45) is 5.92 Å². The number of benzene rings is 1. The molecule has 0 spiro atoms. The van der Waals surface area contributed by atoms with Gasteiger partial charge in [0, 0.05) is 34.2 Å². The Kier molecular flexibility index (Phi) is 5.50. The minimum Gasteiger partial charge on any atom is -0.481 e. The molecule has 1 N–H and O–H groups in total. The van der Waals surface area contributed by atoms with Crippen LogP contribution in [0.15, 0.2) is 34.9 Å². The number of halogens is 1. The second kappa shape index (κ2) is 7.15. The molecule has 1 unspecified atom stereocenters. The molecule has 1 aromatic heterocycles. The van der Waals surface area contributed by atoms with Gasteiger partial charge in [0.2, 0.25) is 0 Å². The van der Waals surface area contributed by atoms with Gasteiger partial charge in [0.15, 0.2) is 0 Å². The third-order valence-corrected chi connectivity index (χ3v) is 4.64. The molecule has 0 fully saturated rings. The monoisotopic (exact) mass is 368 g/mol. The molecule has 0 saturated heterocycles. The van der Waals surface area contributed by atoms with Gasteiger partial charge in [-0.25, -0.2) is 4.98 Å². The van der Waals surface area contributed by atoms with Crippen LogP contribution in [0.5, 0.6) is 0 Å². The number of hydrogen-bond acceptors (Lipinski definition) is 4. The van der Waals surface area contributed by atoms with Crippen molar-refractivity contribution in [2.45, 2.75) is 13.5 Å². The third-order valence-electron chi connectivity index (χ3n) is 3.08. The molecule has 0 amide bonds. The van der Waals surface area contributed by atoms with E-state index in [0.29, 0.717) is 13.1 Å². The van der Waals surface area contributed by atoms with E-state index in [4.69, 9.17) is 5.11 Å². The van der Waals surface area contributed by atoms with Gasteiger partial charge in [-0.2, -0.15) is 0 Å². The topological polar surface area (TPSA) is 53.4 Å². The van der Waals surface area contributed by atoms with Crippen molar-refractivity contribution in [3.63, 3.8) is 0 Å². The van der Waals surface area contributed by atoms with E-state index in [2.05, 4.69) is 20.9 Å². The molecule has 112 valence electrons. The predicted molar refractivity (Wildman–Crippen MR) is 88.4 cm³/mol. The first-order valence-electron chi connectivity index (χ1n) is 6.57. The van der Waals surface area contributed by atoms with Crippen LogP contribution < -0.4 is 0 Å². The molecule has 1 aromatic carbocycles. The summed E-state index contributed by atoms with van der Waals surface area (Å²) in [6.45, 7) is 2.96. The lowest BCUT2D eigenvalue weighted by Crippen LogP contribution is -2.27. The van der Waals surface area contributed by atoms with Crippen molar-refractivity contribution in [1.82, 2.24) is 9.88 Å². The Balaban J connectivity index is 2.00. The zero-order valence-electron chi connectivity index (χ0n) is 11.9. The summed E-state index contributed by atoms with van der Waals surface area (Å²) in [4.78, 5) is 18.5. The van der Waals surface area contributed by atoms with Crippen molar-refractivity contribution in [3.05, 3.63) is 39.8 Å². The van der Waals surface area contributed by atoms with E-state index in [1.807, 2.05) is 42.4 Å². The highest BCUT2D eigenvalue weighted by Crippen LogP contribution is 2.27. The van der Waals surface area contributed by atoms with Crippen LogP contribution in [0, 0.1) is 5.92 Å². The molecular formula is C15H17BrN2O2S. The lowest BCUT2D eigenvalue weighted by Gasteiger charge is -2.17. The van der Waals surface area contributed by atoms with E-state index >= 15 is 0 Å². The van der Waals surface area contributed by atoms with Gasteiger partial charge in [0.25, 0.3) is 0 Å². The molecule has 0 saturated carbocycles. The van der Waals surface area contributed by atoms with E-state index in [1.165, 1.54) is 0 Å². The fraction of sp³-hybridized carbons (Fsp3) is 0.333. The molecule has 0 aliphatic carbocycles. The average Bonchev–Trinajstić information content (AvgIpc) is 2.87. The van der Waals surface area contributed by atoms with Gasteiger partial charge in [-0.1, -0.05) is 35.0 Å². The summed E-state index contributed by atoms with van der Waals surface area (Å²) < 4.78 is 1.05. The Morgan fingerprint density at radius 1 is 1.43 bits per heavy atom. The Morgan fingerprint density at radius 2 is 2.10 bits per heavy atom. The summed E-state index contributed by atoms with van der Waals surface area (Å²) in [7, 11) is 1.93. The largest absolute Gasteiger partial charge is 0.481 e. The number of carboxylic acids is 1. The van der Waals surface area contributed by atoms with Crippen molar-refractivity contribution in [1.29, 1.82) is 0 Å². The quantitative estimate of drug-likeness (QED) is 0.843. The van der Waals surface area contributed by atoms with E-state index < -0.39 is 5.97 Å². The number of nitrogens with zero attached hydrogens (tertiary/aromatic N) is 2. The first-order chi connectivity index (χ1) is 9.95. The molecule has 0 aliphatic heterocycles. The summed E-state index contributed by atoms with van der Waals surface area (Å²) in [6.07, 6.45) is 1.87. The Hall–Kier alpha value is -1.24. The molecule has 21 heavy (non-hydrogen) atoms. The number of thiazole rings is 1. The van der Waals surface area contributed by atoms with Crippen LogP contribution in [0.25, 0.3) is 10.6 Å². The first kappa shape index (κ1) is 16.1. The summed E-state index contributed by atoms with van der Waals surface area (Å²) in [5.74, 6) is -1.13. The Labute approximate surface area is 136 Å². The van der Waals surface area contributed by atoms with E-state index in [-0.39, 0.29) is 5.92 Å². The van der Waals surface area contributed by atoms with Gasteiger partial charge < -0.3 is 10.0 Å². The highest BCUT2D eigenvalue weighted by Gasteiger charge is 2.14. The molecule has 1 atom stereocenters. The molecule has 0 radical (unpaired) electrons. The minimum absolute atomic E-state index is 0.367. The number of rotatable bonds is 6. The number of aliphatic carboxylic acids is 1. The molecule has 0 aliphatic rings. The molecule has 2 aromatic rings. The summed E-state index contributed by atoms with van der Waals surface area (Å²) >= 11 is 5.06. The van der Waals surface area contributed by atoms with Crippen LogP contribution in [0.4, 0.5) is 0 Å². The van der Waals surface area contributed by atoms with Gasteiger partial charge in [-0.05, 0) is 19.2 Å². The van der Waals surface area contributed by atoms with Crippen LogP contribution in [0.1, 0.15) is 11.8 Å². The van der Waals surface area contributed by atoms with Crippen LogP contribution in [0.3, 0.4) is 0 Å². The Bertz CT molecular complexity index is 612. The minimum atomic E-state index is -0.762. The van der Waals surface area contributed by atoms with E-state index in [9.17, 15) is 4.79 Å². The maximum Gasteiger partial charge on any atom is 0.307 e. The van der Waals surface area contributed by atoms with Gasteiger partial charge >= 0.3 is 5.97 Å². The highest BCUT2D eigenvalue weighted by atomic mass is 79.9. The van der Waals surface area contributed by atoms with E-state index in [0.717, 1.165) is 19.9 Å². The maximum absolute atomic E-state index is 10.9. The van der Waals surface area contributed by atoms with Crippen LogP contribution in [-0.2, 0) is 11.3 Å². The highest BCUT2D eigenvalue weighted by molar-refractivity contribution is 9.10. The van der Waals surface area contributed by atoms with E-state index in [1.54, 1.807) is 18.3 Å². The second-order valence-electron chi connectivity index (χ2n) is 5.07. The normalized spacial score (nSPS) is 12.6. The molecule has 4 nitrogen and oxygen atoms in total. The zero-order valence-corrected chi connectivity index (χ0v) is 14.3. The molecule has 1 heterocycles. The molecule has 0 bridgehead atoms. The first-order valence-corrected chi connectivity index (χ1v) is 8.18. The standard InChI is InChI=1S/C15H17BrN2O2S/c1-10(15(19)20)8-18(2)9-13-7-17-14(21-13)11-3-5-12(16)6-4-11/h3-7,10H,8-9H2,1-2H3,(H,19,20). The SMILES string of the molecule is CC(CN(C)Cc1cnc(-c2ccc(Br)cc2)s1)C(=O)O. The molecule has 2 rings (SSSR count). The number of carbonyl (C=O) groups is 1. The summed E-state index contributed by atoms with van der Waals surface area (Å²) in [5.41, 5.74) is 1.09.